The first-order valence-corrected chi connectivity index (χ1v) is 9.09. The van der Waals surface area contributed by atoms with Crippen molar-refractivity contribution in [3.8, 4) is 0 Å². The molecule has 2 aromatic rings. The van der Waals surface area contributed by atoms with Crippen molar-refractivity contribution in [1.29, 1.82) is 0 Å². The summed E-state index contributed by atoms with van der Waals surface area (Å²) in [5.41, 5.74) is 1.72. The second-order valence-electron chi connectivity index (χ2n) is 6.56. The molecule has 1 heterocycles. The lowest BCUT2D eigenvalue weighted by molar-refractivity contribution is -0.130. The number of amides is 2. The van der Waals surface area contributed by atoms with Gasteiger partial charge in [0.2, 0.25) is 5.91 Å². The summed E-state index contributed by atoms with van der Waals surface area (Å²) >= 11 is 0. The molecule has 142 valence electrons. The largest absolute Gasteiger partial charge is 0.445 e. The normalized spacial score (nSPS) is 14.6. The number of carbonyl (C=O) groups is 2. The van der Waals surface area contributed by atoms with Crippen molar-refractivity contribution in [3.05, 3.63) is 71.5 Å². The van der Waals surface area contributed by atoms with E-state index in [1.165, 1.54) is 12.1 Å². The Bertz CT molecular complexity index is 765. The lowest BCUT2D eigenvalue weighted by atomic mass is 10.1. The number of carbonyl (C=O) groups excluding carboxylic acids is 2. The first kappa shape index (κ1) is 18.9. The molecular weight excluding hydrogens is 347 g/mol. The number of rotatable bonds is 4. The van der Waals surface area contributed by atoms with Crippen molar-refractivity contribution in [3.63, 3.8) is 0 Å². The Morgan fingerprint density at radius 1 is 0.852 bits per heavy atom. The second kappa shape index (κ2) is 9.16. The van der Waals surface area contributed by atoms with E-state index in [9.17, 15) is 14.0 Å². The first-order valence-electron chi connectivity index (χ1n) is 9.09. The van der Waals surface area contributed by atoms with Crippen LogP contribution in [-0.2, 0) is 22.6 Å². The molecule has 5 nitrogen and oxygen atoms in total. The Labute approximate surface area is 158 Å². The number of ether oxygens (including phenoxy) is 1. The van der Waals surface area contributed by atoms with Crippen LogP contribution in [0.2, 0.25) is 0 Å². The summed E-state index contributed by atoms with van der Waals surface area (Å²) in [7, 11) is 0. The van der Waals surface area contributed by atoms with E-state index in [4.69, 9.17) is 4.74 Å². The van der Waals surface area contributed by atoms with E-state index < -0.39 is 0 Å². The van der Waals surface area contributed by atoms with E-state index in [2.05, 4.69) is 0 Å². The van der Waals surface area contributed by atoms with E-state index in [0.717, 1.165) is 11.1 Å². The third kappa shape index (κ3) is 5.54. The zero-order chi connectivity index (χ0) is 19.1. The van der Waals surface area contributed by atoms with Crippen LogP contribution >= 0.6 is 0 Å². The van der Waals surface area contributed by atoms with E-state index in [1.807, 2.05) is 30.3 Å². The van der Waals surface area contributed by atoms with Crippen molar-refractivity contribution < 1.29 is 18.7 Å². The molecule has 1 aliphatic heterocycles. The molecule has 0 N–H and O–H groups in total. The molecule has 0 aromatic heterocycles. The third-order valence-electron chi connectivity index (χ3n) is 4.58. The van der Waals surface area contributed by atoms with Gasteiger partial charge in [-0.1, -0.05) is 42.5 Å². The second-order valence-corrected chi connectivity index (χ2v) is 6.56. The van der Waals surface area contributed by atoms with Crippen LogP contribution in [0.15, 0.2) is 54.6 Å². The Morgan fingerprint density at radius 2 is 1.52 bits per heavy atom. The fraction of sp³-hybridized carbons (Fsp3) is 0.333. The highest BCUT2D eigenvalue weighted by Gasteiger charge is 2.23. The summed E-state index contributed by atoms with van der Waals surface area (Å²) in [4.78, 5) is 28.2. The van der Waals surface area contributed by atoms with Crippen molar-refractivity contribution in [1.82, 2.24) is 9.80 Å². The molecule has 0 saturated carbocycles. The SMILES string of the molecule is O=C(Cc1ccc(F)cc1)N1CCCN(C(=O)OCc2ccccc2)CC1. The van der Waals surface area contributed by atoms with Gasteiger partial charge in [0, 0.05) is 26.2 Å². The number of hydrogen-bond donors (Lipinski definition) is 0. The van der Waals surface area contributed by atoms with E-state index in [0.29, 0.717) is 32.6 Å². The van der Waals surface area contributed by atoms with Crippen LogP contribution < -0.4 is 0 Å². The van der Waals surface area contributed by atoms with Gasteiger partial charge in [-0.25, -0.2) is 9.18 Å². The van der Waals surface area contributed by atoms with Crippen LogP contribution in [0.1, 0.15) is 17.5 Å². The maximum Gasteiger partial charge on any atom is 0.410 e. The Kier molecular flexibility index (Phi) is 6.41. The summed E-state index contributed by atoms with van der Waals surface area (Å²) in [5.74, 6) is -0.327. The fourth-order valence-electron chi connectivity index (χ4n) is 3.05. The zero-order valence-electron chi connectivity index (χ0n) is 15.1. The van der Waals surface area contributed by atoms with Gasteiger partial charge in [-0.05, 0) is 29.7 Å². The van der Waals surface area contributed by atoms with Crippen LogP contribution in [0.3, 0.4) is 0 Å². The van der Waals surface area contributed by atoms with Gasteiger partial charge in [0.1, 0.15) is 12.4 Å². The Morgan fingerprint density at radius 3 is 2.26 bits per heavy atom. The monoisotopic (exact) mass is 370 g/mol. The third-order valence-corrected chi connectivity index (χ3v) is 4.58. The number of benzene rings is 2. The van der Waals surface area contributed by atoms with Crippen molar-refractivity contribution in [2.24, 2.45) is 0 Å². The van der Waals surface area contributed by atoms with Gasteiger partial charge in [-0.2, -0.15) is 0 Å². The molecule has 0 aliphatic carbocycles. The molecule has 1 saturated heterocycles. The maximum atomic E-state index is 13.0. The smallest absolute Gasteiger partial charge is 0.410 e. The van der Waals surface area contributed by atoms with Gasteiger partial charge in [-0.15, -0.1) is 0 Å². The summed E-state index contributed by atoms with van der Waals surface area (Å²) < 4.78 is 18.4. The lowest BCUT2D eigenvalue weighted by Crippen LogP contribution is -2.38. The van der Waals surface area contributed by atoms with E-state index in [1.54, 1.807) is 21.9 Å². The van der Waals surface area contributed by atoms with Crippen molar-refractivity contribution >= 4 is 12.0 Å². The summed E-state index contributed by atoms with van der Waals surface area (Å²) in [5, 5.41) is 0. The predicted molar refractivity (Wildman–Crippen MR) is 99.5 cm³/mol. The number of halogens is 1. The average Bonchev–Trinajstić information content (AvgIpc) is 2.95. The summed E-state index contributed by atoms with van der Waals surface area (Å²) in [6.45, 7) is 2.32. The van der Waals surface area contributed by atoms with E-state index >= 15 is 0 Å². The molecule has 27 heavy (non-hydrogen) atoms. The molecule has 2 aromatic carbocycles. The minimum absolute atomic E-state index is 0.0129. The van der Waals surface area contributed by atoms with Crippen LogP contribution in [0.25, 0.3) is 0 Å². The van der Waals surface area contributed by atoms with Gasteiger partial charge in [-0.3, -0.25) is 4.79 Å². The molecule has 1 aliphatic rings. The van der Waals surface area contributed by atoms with Crippen LogP contribution in [0, 0.1) is 5.82 Å². The summed E-state index contributed by atoms with van der Waals surface area (Å²) in [6.07, 6.45) is 0.584. The van der Waals surface area contributed by atoms with Crippen LogP contribution in [0.5, 0.6) is 0 Å². The minimum atomic E-state index is -0.355. The molecule has 3 rings (SSSR count). The predicted octanol–water partition coefficient (Wildman–Crippen LogP) is 3.24. The number of nitrogens with zero attached hydrogens (tertiary/aromatic N) is 2. The van der Waals surface area contributed by atoms with E-state index in [-0.39, 0.29) is 30.8 Å². The molecule has 0 atom stereocenters. The minimum Gasteiger partial charge on any atom is -0.445 e. The maximum absolute atomic E-state index is 13.0. The van der Waals surface area contributed by atoms with Crippen molar-refractivity contribution in [2.75, 3.05) is 26.2 Å². The zero-order valence-corrected chi connectivity index (χ0v) is 15.1. The lowest BCUT2D eigenvalue weighted by Gasteiger charge is -2.22. The quantitative estimate of drug-likeness (QED) is 0.830. The highest BCUT2D eigenvalue weighted by molar-refractivity contribution is 5.79. The first-order chi connectivity index (χ1) is 13.1. The highest BCUT2D eigenvalue weighted by Crippen LogP contribution is 2.10. The van der Waals surface area contributed by atoms with Crippen LogP contribution in [0.4, 0.5) is 9.18 Å². The molecule has 6 heteroatoms. The van der Waals surface area contributed by atoms with Gasteiger partial charge < -0.3 is 14.5 Å². The fourth-order valence-corrected chi connectivity index (χ4v) is 3.05. The van der Waals surface area contributed by atoms with Crippen LogP contribution in [-0.4, -0.2) is 48.0 Å². The molecule has 1 fully saturated rings. The van der Waals surface area contributed by atoms with Gasteiger partial charge in [0.25, 0.3) is 0 Å². The van der Waals surface area contributed by atoms with Gasteiger partial charge >= 0.3 is 6.09 Å². The molecular formula is C21H23FN2O3. The standard InChI is InChI=1S/C21H23FN2O3/c22-19-9-7-17(8-10-19)15-20(25)23-11-4-12-24(14-13-23)21(26)27-16-18-5-2-1-3-6-18/h1-3,5-10H,4,11-16H2. The average molecular weight is 370 g/mol. The molecule has 0 unspecified atom stereocenters. The summed E-state index contributed by atoms with van der Waals surface area (Å²) in [6, 6.07) is 15.5. The van der Waals surface area contributed by atoms with Gasteiger partial charge in [0.15, 0.2) is 0 Å². The topological polar surface area (TPSA) is 49.9 Å². The molecule has 0 spiro atoms. The number of hydrogen-bond acceptors (Lipinski definition) is 3. The Hall–Kier alpha value is -2.89. The molecule has 0 radical (unpaired) electrons. The molecule has 2 amide bonds. The Balaban J connectivity index is 1.48. The van der Waals surface area contributed by atoms with Crippen molar-refractivity contribution in [2.45, 2.75) is 19.4 Å². The molecule has 0 bridgehead atoms. The van der Waals surface area contributed by atoms with Gasteiger partial charge in [0.05, 0.1) is 6.42 Å². The highest BCUT2D eigenvalue weighted by atomic mass is 19.1.